The highest BCUT2D eigenvalue weighted by Gasteiger charge is 2.17. The molecule has 1 atom stereocenters. The van der Waals surface area contributed by atoms with Crippen LogP contribution in [0.3, 0.4) is 0 Å². The van der Waals surface area contributed by atoms with E-state index in [1.54, 1.807) is 0 Å². The highest BCUT2D eigenvalue weighted by atomic mass is 16.2. The van der Waals surface area contributed by atoms with Crippen LogP contribution in [0.2, 0.25) is 0 Å². The number of nitrogens with two attached hydrogens (primary N) is 1. The van der Waals surface area contributed by atoms with Crippen molar-refractivity contribution in [2.45, 2.75) is 38.6 Å². The second-order valence-electron chi connectivity index (χ2n) is 3.59. The molecular formula is C10H22N2O2. The van der Waals surface area contributed by atoms with Gasteiger partial charge in [-0.15, -0.1) is 0 Å². The van der Waals surface area contributed by atoms with Crippen molar-refractivity contribution in [1.29, 1.82) is 0 Å². The van der Waals surface area contributed by atoms with Crippen molar-refractivity contribution in [3.63, 3.8) is 0 Å². The van der Waals surface area contributed by atoms with Crippen molar-refractivity contribution in [3.8, 4) is 0 Å². The summed E-state index contributed by atoms with van der Waals surface area (Å²) in [5.74, 6) is -0.253. The van der Waals surface area contributed by atoms with E-state index in [2.05, 4.69) is 0 Å². The number of amides is 1. The van der Waals surface area contributed by atoms with Crippen LogP contribution in [0.15, 0.2) is 0 Å². The van der Waals surface area contributed by atoms with E-state index in [4.69, 9.17) is 10.8 Å². The van der Waals surface area contributed by atoms with Crippen LogP contribution in [-0.2, 0) is 4.79 Å². The molecule has 0 spiro atoms. The molecule has 0 saturated carbocycles. The van der Waals surface area contributed by atoms with Crippen molar-refractivity contribution in [3.05, 3.63) is 0 Å². The smallest absolute Gasteiger partial charge is 0.234 e. The molecule has 0 heterocycles. The lowest BCUT2D eigenvalue weighted by Crippen LogP contribution is -2.42. The fourth-order valence-corrected chi connectivity index (χ4v) is 1.54. The van der Waals surface area contributed by atoms with Gasteiger partial charge in [0.15, 0.2) is 0 Å². The van der Waals surface area contributed by atoms with Crippen molar-refractivity contribution < 1.29 is 9.90 Å². The third kappa shape index (κ3) is 5.19. The molecule has 0 aromatic heterocycles. The summed E-state index contributed by atoms with van der Waals surface area (Å²) in [4.78, 5) is 13.0. The summed E-state index contributed by atoms with van der Waals surface area (Å²) in [5.41, 5.74) is 5.26. The first-order valence-corrected chi connectivity index (χ1v) is 5.23. The van der Waals surface area contributed by atoms with E-state index < -0.39 is 0 Å². The third-order valence-corrected chi connectivity index (χ3v) is 2.42. The van der Waals surface area contributed by atoms with E-state index in [0.717, 1.165) is 32.2 Å². The van der Waals surface area contributed by atoms with E-state index in [0.29, 0.717) is 0 Å². The van der Waals surface area contributed by atoms with Crippen LogP contribution in [-0.4, -0.2) is 42.2 Å². The summed E-state index contributed by atoms with van der Waals surface area (Å²) in [6.45, 7) is 3.07. The summed E-state index contributed by atoms with van der Waals surface area (Å²) in [7, 11) is 1.91. The summed E-state index contributed by atoms with van der Waals surface area (Å²) >= 11 is 0. The lowest BCUT2D eigenvalue weighted by Gasteiger charge is -2.24. The summed E-state index contributed by atoms with van der Waals surface area (Å²) in [6, 6.07) is -0.149. The molecule has 0 aromatic rings. The first kappa shape index (κ1) is 13.4. The van der Waals surface area contributed by atoms with Crippen LogP contribution >= 0.6 is 0 Å². The number of hydrogen-bond acceptors (Lipinski definition) is 3. The van der Waals surface area contributed by atoms with Crippen molar-refractivity contribution in [1.82, 2.24) is 4.90 Å². The Kier molecular flexibility index (Phi) is 7.42. The molecule has 0 aliphatic carbocycles. The Morgan fingerprint density at radius 2 is 2.07 bits per heavy atom. The van der Waals surface area contributed by atoms with Gasteiger partial charge in [-0.2, -0.15) is 0 Å². The number of primary amides is 1. The number of carbonyl (C=O) groups is 1. The molecule has 0 rings (SSSR count). The molecule has 14 heavy (non-hydrogen) atoms. The largest absolute Gasteiger partial charge is 0.396 e. The summed E-state index contributed by atoms with van der Waals surface area (Å²) < 4.78 is 0. The SMILES string of the molecule is CCC(C(N)=O)N(C)CCCCCO. The first-order chi connectivity index (χ1) is 6.63. The fraction of sp³-hybridized carbons (Fsp3) is 0.900. The Labute approximate surface area is 86.1 Å². The molecule has 84 valence electrons. The molecule has 0 saturated heterocycles. The van der Waals surface area contributed by atoms with Gasteiger partial charge in [0.2, 0.25) is 5.91 Å². The topological polar surface area (TPSA) is 66.6 Å². The molecule has 3 N–H and O–H groups in total. The van der Waals surface area contributed by atoms with Gasteiger partial charge in [0.25, 0.3) is 0 Å². The third-order valence-electron chi connectivity index (χ3n) is 2.42. The Balaban J connectivity index is 3.69. The lowest BCUT2D eigenvalue weighted by atomic mass is 10.1. The maximum Gasteiger partial charge on any atom is 0.234 e. The van der Waals surface area contributed by atoms with Crippen LogP contribution in [0.1, 0.15) is 32.6 Å². The van der Waals surface area contributed by atoms with Crippen molar-refractivity contribution in [2.24, 2.45) is 5.73 Å². The molecule has 0 fully saturated rings. The highest BCUT2D eigenvalue weighted by molar-refractivity contribution is 5.79. The highest BCUT2D eigenvalue weighted by Crippen LogP contribution is 2.04. The second-order valence-corrected chi connectivity index (χ2v) is 3.59. The summed E-state index contributed by atoms with van der Waals surface area (Å²) in [5, 5.41) is 8.59. The normalized spacial score (nSPS) is 13.1. The maximum atomic E-state index is 11.0. The van der Waals surface area contributed by atoms with E-state index in [-0.39, 0.29) is 18.6 Å². The number of unbranched alkanes of at least 4 members (excludes halogenated alkanes) is 2. The minimum absolute atomic E-state index is 0.149. The molecule has 0 aliphatic heterocycles. The minimum Gasteiger partial charge on any atom is -0.396 e. The predicted octanol–water partition coefficient (Wildman–Crippen LogP) is 0.345. The van der Waals surface area contributed by atoms with Gasteiger partial charge in [-0.3, -0.25) is 9.69 Å². The monoisotopic (exact) mass is 202 g/mol. The van der Waals surface area contributed by atoms with Crippen LogP contribution < -0.4 is 5.73 Å². The van der Waals surface area contributed by atoms with E-state index in [1.165, 1.54) is 0 Å². The fourth-order valence-electron chi connectivity index (χ4n) is 1.54. The second kappa shape index (κ2) is 7.76. The number of aliphatic hydroxyl groups excluding tert-OH is 1. The molecule has 0 aliphatic rings. The van der Waals surface area contributed by atoms with Gasteiger partial charge >= 0.3 is 0 Å². The van der Waals surface area contributed by atoms with Gasteiger partial charge in [0, 0.05) is 6.61 Å². The van der Waals surface area contributed by atoms with Crippen LogP contribution in [0.25, 0.3) is 0 Å². The number of hydrogen-bond donors (Lipinski definition) is 2. The van der Waals surface area contributed by atoms with Gasteiger partial charge in [-0.1, -0.05) is 6.92 Å². The lowest BCUT2D eigenvalue weighted by molar-refractivity contribution is -0.122. The first-order valence-electron chi connectivity index (χ1n) is 5.23. The standard InChI is InChI=1S/C10H22N2O2/c1-3-9(10(11)14)12(2)7-5-4-6-8-13/h9,13H,3-8H2,1-2H3,(H2,11,14). The van der Waals surface area contributed by atoms with E-state index in [9.17, 15) is 4.79 Å². The zero-order valence-electron chi connectivity index (χ0n) is 9.20. The molecular weight excluding hydrogens is 180 g/mol. The zero-order chi connectivity index (χ0) is 11.0. The van der Waals surface area contributed by atoms with E-state index >= 15 is 0 Å². The Morgan fingerprint density at radius 3 is 2.50 bits per heavy atom. The number of aliphatic hydroxyl groups is 1. The van der Waals surface area contributed by atoms with Crippen molar-refractivity contribution >= 4 is 5.91 Å². The van der Waals surface area contributed by atoms with Crippen LogP contribution in [0.5, 0.6) is 0 Å². The Morgan fingerprint density at radius 1 is 1.43 bits per heavy atom. The Bertz CT molecular complexity index is 162. The average Bonchev–Trinajstić information content (AvgIpc) is 2.13. The molecule has 0 radical (unpaired) electrons. The zero-order valence-corrected chi connectivity index (χ0v) is 9.20. The number of rotatable bonds is 8. The van der Waals surface area contributed by atoms with Crippen molar-refractivity contribution in [2.75, 3.05) is 20.2 Å². The summed E-state index contributed by atoms with van der Waals surface area (Å²) in [6.07, 6.45) is 3.59. The molecule has 0 aromatic carbocycles. The average molecular weight is 202 g/mol. The molecule has 4 heteroatoms. The molecule has 0 bridgehead atoms. The predicted molar refractivity (Wildman–Crippen MR) is 56.8 cm³/mol. The van der Waals surface area contributed by atoms with Gasteiger partial charge in [-0.05, 0) is 39.3 Å². The van der Waals surface area contributed by atoms with Gasteiger partial charge in [-0.25, -0.2) is 0 Å². The van der Waals surface area contributed by atoms with Gasteiger partial charge < -0.3 is 10.8 Å². The van der Waals surface area contributed by atoms with Gasteiger partial charge in [0.1, 0.15) is 0 Å². The van der Waals surface area contributed by atoms with Crippen LogP contribution in [0, 0.1) is 0 Å². The minimum atomic E-state index is -0.253. The van der Waals surface area contributed by atoms with E-state index in [1.807, 2.05) is 18.9 Å². The molecule has 4 nitrogen and oxygen atoms in total. The maximum absolute atomic E-state index is 11.0. The number of likely N-dealkylation sites (N-methyl/N-ethyl adjacent to an activating group) is 1. The molecule has 1 unspecified atom stereocenters. The van der Waals surface area contributed by atoms with Gasteiger partial charge in [0.05, 0.1) is 6.04 Å². The Hall–Kier alpha value is -0.610. The molecule has 1 amide bonds. The number of nitrogens with zero attached hydrogens (tertiary/aromatic N) is 1. The number of carbonyl (C=O) groups excluding carboxylic acids is 1. The van der Waals surface area contributed by atoms with Crippen LogP contribution in [0.4, 0.5) is 0 Å². The quantitative estimate of drug-likeness (QED) is 0.558.